The van der Waals surface area contributed by atoms with E-state index >= 15 is 0 Å². The second-order valence-corrected chi connectivity index (χ2v) is 7.58. The number of nitrogens with one attached hydrogen (secondary N) is 2. The first-order chi connectivity index (χ1) is 13.2. The Hall–Kier alpha value is -3.01. The van der Waals surface area contributed by atoms with E-state index in [9.17, 15) is 9.59 Å². The number of hydroxylamine groups is 2. The molecule has 10 heteroatoms. The molecule has 3 atom stereocenters. The molecule has 1 aromatic carbocycles. The average molecular weight is 388 g/mol. The van der Waals surface area contributed by atoms with Crippen LogP contribution in [0.25, 0.3) is 0 Å². The second-order valence-electron chi connectivity index (χ2n) is 7.58. The molecule has 1 saturated heterocycles. The molecular weight excluding hydrogens is 364 g/mol. The highest BCUT2D eigenvalue weighted by Crippen LogP contribution is 2.28. The monoisotopic (exact) mass is 388 g/mol. The van der Waals surface area contributed by atoms with Crippen LogP contribution in [0.4, 0.5) is 4.79 Å². The Morgan fingerprint density at radius 3 is 2.61 bits per heavy atom. The fourth-order valence-electron chi connectivity index (χ4n) is 2.81. The molecule has 3 rings (SSSR count). The minimum absolute atomic E-state index is 0.340. The predicted octanol–water partition coefficient (Wildman–Crippen LogP) is 1.54. The number of aromatic amines is 1. The van der Waals surface area contributed by atoms with Gasteiger partial charge in [-0.15, -0.1) is 10.2 Å². The minimum Gasteiger partial charge on any atom is -0.444 e. The van der Waals surface area contributed by atoms with Gasteiger partial charge in [-0.25, -0.2) is 9.86 Å². The molecule has 0 saturated carbocycles. The summed E-state index contributed by atoms with van der Waals surface area (Å²) in [5.41, 5.74) is 0.358. The van der Waals surface area contributed by atoms with Crippen molar-refractivity contribution in [2.45, 2.75) is 57.9 Å². The van der Waals surface area contributed by atoms with Crippen molar-refractivity contribution in [2.75, 3.05) is 0 Å². The number of tetrazole rings is 1. The Morgan fingerprint density at radius 2 is 2.04 bits per heavy atom. The third kappa shape index (κ3) is 4.63. The van der Waals surface area contributed by atoms with Gasteiger partial charge in [-0.2, -0.15) is 5.21 Å². The molecular formula is C18H24N6O4. The zero-order chi connectivity index (χ0) is 20.3. The molecule has 0 radical (unpaired) electrons. The number of β-lactam (4-membered cyclic amide) rings is 1. The van der Waals surface area contributed by atoms with Crippen LogP contribution in [0, 0.1) is 0 Å². The summed E-state index contributed by atoms with van der Waals surface area (Å²) in [5, 5.41) is 17.7. The number of ether oxygens (including phenoxy) is 1. The van der Waals surface area contributed by atoms with Crippen molar-refractivity contribution in [3.8, 4) is 0 Å². The number of carbonyl (C=O) groups is 2. The Labute approximate surface area is 162 Å². The summed E-state index contributed by atoms with van der Waals surface area (Å²) >= 11 is 0. The Kier molecular flexibility index (Phi) is 5.59. The summed E-state index contributed by atoms with van der Waals surface area (Å²) in [5.74, 6) is -0.0210. The maximum atomic E-state index is 12.5. The minimum atomic E-state index is -0.711. The molecule has 2 aromatic rings. The van der Waals surface area contributed by atoms with Gasteiger partial charge in [-0.3, -0.25) is 9.63 Å². The summed E-state index contributed by atoms with van der Waals surface area (Å²) in [7, 11) is 0. The Morgan fingerprint density at radius 1 is 1.32 bits per heavy atom. The smallest absolute Gasteiger partial charge is 0.408 e. The normalized spacial score (nSPS) is 20.4. The van der Waals surface area contributed by atoms with Gasteiger partial charge < -0.3 is 10.1 Å². The van der Waals surface area contributed by atoms with Gasteiger partial charge in [0.1, 0.15) is 11.6 Å². The molecule has 1 fully saturated rings. The number of H-pyrrole nitrogens is 1. The quantitative estimate of drug-likeness (QED) is 0.720. The van der Waals surface area contributed by atoms with E-state index in [1.54, 1.807) is 27.7 Å². The van der Waals surface area contributed by atoms with E-state index in [1.165, 1.54) is 5.06 Å². The van der Waals surface area contributed by atoms with E-state index in [4.69, 9.17) is 9.57 Å². The molecule has 10 nitrogen and oxygen atoms in total. The number of amides is 2. The molecule has 1 aliphatic heterocycles. The SMILES string of the molecule is C[C@H]1[C@H](NC(=O)OC(C)(C)C)C(=O)N1OC(Cc1ccccc1)c1nn[nH]n1. The van der Waals surface area contributed by atoms with Crippen molar-refractivity contribution >= 4 is 12.0 Å². The maximum Gasteiger partial charge on any atom is 0.408 e. The van der Waals surface area contributed by atoms with Crippen LogP contribution in [-0.2, 0) is 20.8 Å². The third-order valence-corrected chi connectivity index (χ3v) is 4.16. The van der Waals surface area contributed by atoms with Gasteiger partial charge in [0.2, 0.25) is 5.82 Å². The Balaban J connectivity index is 1.64. The number of aromatic nitrogens is 4. The number of benzene rings is 1. The first kappa shape index (κ1) is 19.7. The van der Waals surface area contributed by atoms with Gasteiger partial charge in [-0.05, 0) is 33.3 Å². The van der Waals surface area contributed by atoms with Crippen molar-refractivity contribution < 1.29 is 19.2 Å². The number of alkyl carbamates (subject to hydrolysis) is 1. The molecule has 1 aliphatic rings. The lowest BCUT2D eigenvalue weighted by Gasteiger charge is -2.44. The molecule has 0 aliphatic carbocycles. The van der Waals surface area contributed by atoms with Crippen LogP contribution in [0.3, 0.4) is 0 Å². The summed E-state index contributed by atoms with van der Waals surface area (Å²) in [6, 6.07) is 8.57. The van der Waals surface area contributed by atoms with Crippen LogP contribution in [0.1, 0.15) is 45.2 Å². The first-order valence-electron chi connectivity index (χ1n) is 9.01. The predicted molar refractivity (Wildman–Crippen MR) is 97.6 cm³/mol. The number of hydrogen-bond acceptors (Lipinski definition) is 7. The fraction of sp³-hybridized carbons (Fsp3) is 0.500. The van der Waals surface area contributed by atoms with Gasteiger partial charge in [0, 0.05) is 6.42 Å². The molecule has 1 unspecified atom stereocenters. The van der Waals surface area contributed by atoms with E-state index in [0.29, 0.717) is 12.2 Å². The van der Waals surface area contributed by atoms with Gasteiger partial charge in [0.15, 0.2) is 6.10 Å². The highest BCUT2D eigenvalue weighted by molar-refractivity contribution is 5.91. The lowest BCUT2D eigenvalue weighted by atomic mass is 10.0. The second kappa shape index (κ2) is 7.93. The summed E-state index contributed by atoms with van der Waals surface area (Å²) < 4.78 is 5.20. The van der Waals surface area contributed by atoms with Crippen LogP contribution in [0.2, 0.25) is 0 Å². The summed E-state index contributed by atoms with van der Waals surface area (Å²) in [6.45, 7) is 7.05. The van der Waals surface area contributed by atoms with Gasteiger partial charge >= 0.3 is 6.09 Å². The van der Waals surface area contributed by atoms with Crippen molar-refractivity contribution in [1.29, 1.82) is 0 Å². The third-order valence-electron chi connectivity index (χ3n) is 4.16. The maximum absolute atomic E-state index is 12.5. The van der Waals surface area contributed by atoms with Crippen molar-refractivity contribution in [3.05, 3.63) is 41.7 Å². The van der Waals surface area contributed by atoms with E-state index in [1.807, 2.05) is 30.3 Å². The summed E-state index contributed by atoms with van der Waals surface area (Å²) in [6.07, 6.45) is -0.785. The lowest BCUT2D eigenvalue weighted by molar-refractivity contribution is -0.254. The molecule has 1 aromatic heterocycles. The van der Waals surface area contributed by atoms with Gasteiger partial charge in [0.05, 0.1) is 6.04 Å². The standard InChI is InChI=1S/C18H24N6O4/c1-11-14(19-17(26)27-18(2,3)4)16(25)24(11)28-13(15-20-22-23-21-15)10-12-8-6-5-7-9-12/h5-9,11,13-14H,10H2,1-4H3,(H,19,26)(H,20,21,22,23)/t11-,13?,14-/m0/s1. The van der Waals surface area contributed by atoms with Crippen LogP contribution >= 0.6 is 0 Å². The highest BCUT2D eigenvalue weighted by Gasteiger charge is 2.48. The average Bonchev–Trinajstić information content (AvgIpc) is 3.17. The van der Waals surface area contributed by atoms with Crippen molar-refractivity contribution in [2.24, 2.45) is 0 Å². The molecule has 28 heavy (non-hydrogen) atoms. The van der Waals surface area contributed by atoms with Crippen LogP contribution in [0.5, 0.6) is 0 Å². The number of hydrogen-bond donors (Lipinski definition) is 2. The molecule has 0 bridgehead atoms. The highest BCUT2D eigenvalue weighted by atomic mass is 16.7. The first-order valence-corrected chi connectivity index (χ1v) is 9.01. The fourth-order valence-corrected chi connectivity index (χ4v) is 2.81. The van der Waals surface area contributed by atoms with Gasteiger partial charge in [-0.1, -0.05) is 35.5 Å². The molecule has 2 amide bonds. The van der Waals surface area contributed by atoms with Gasteiger partial charge in [0.25, 0.3) is 5.91 Å². The Bertz CT molecular complexity index is 805. The van der Waals surface area contributed by atoms with Crippen LogP contribution in [0.15, 0.2) is 30.3 Å². The zero-order valence-electron chi connectivity index (χ0n) is 16.2. The van der Waals surface area contributed by atoms with E-state index in [-0.39, 0.29) is 11.9 Å². The topological polar surface area (TPSA) is 122 Å². The lowest BCUT2D eigenvalue weighted by Crippen LogP contribution is -2.69. The zero-order valence-corrected chi connectivity index (χ0v) is 16.2. The van der Waals surface area contributed by atoms with Crippen LogP contribution in [-0.4, -0.2) is 55.4 Å². The molecule has 150 valence electrons. The van der Waals surface area contributed by atoms with E-state index in [0.717, 1.165) is 5.56 Å². The van der Waals surface area contributed by atoms with E-state index in [2.05, 4.69) is 25.9 Å². The molecule has 2 heterocycles. The van der Waals surface area contributed by atoms with Crippen molar-refractivity contribution in [1.82, 2.24) is 31.0 Å². The van der Waals surface area contributed by atoms with Crippen molar-refractivity contribution in [3.63, 3.8) is 0 Å². The molecule has 2 N–H and O–H groups in total. The molecule has 0 spiro atoms. The van der Waals surface area contributed by atoms with Crippen LogP contribution < -0.4 is 5.32 Å². The number of carbonyl (C=O) groups excluding carboxylic acids is 2. The largest absolute Gasteiger partial charge is 0.444 e. The number of rotatable bonds is 6. The summed E-state index contributed by atoms with van der Waals surface area (Å²) in [4.78, 5) is 30.3. The van der Waals surface area contributed by atoms with E-state index < -0.39 is 23.8 Å². The number of nitrogens with zero attached hydrogens (tertiary/aromatic N) is 4.